The van der Waals surface area contributed by atoms with Gasteiger partial charge in [-0.25, -0.2) is 0 Å². The zero-order valence-corrected chi connectivity index (χ0v) is 25.3. The lowest BCUT2D eigenvalue weighted by Gasteiger charge is -2.33. The monoisotopic (exact) mass is 527 g/mol. The molecule has 2 heteroatoms. The minimum absolute atomic E-state index is 0.0572. The molecule has 38 heavy (non-hydrogen) atoms. The van der Waals surface area contributed by atoms with Crippen LogP contribution in [0.2, 0.25) is 0 Å². The number of benzene rings is 2. The summed E-state index contributed by atoms with van der Waals surface area (Å²) < 4.78 is 0. The molecular weight excluding hydrogens is 478 g/mol. The standard InChI is InChI=1S/C36H49NS/c1-8-10-15-28(5)30(14-9-2)17-13-24-36(7,26-32-21-19-29(6)38-32)35-33-18-12-11-16-31(33)20-22-34(35)37-25-23-27(3)4/h9,11-13,16-22,27,30,37H,2,5,8,10,14-15,23-26H2,1,3-4,6-7H3/b17-13+. The summed E-state index contributed by atoms with van der Waals surface area (Å²) in [6.07, 6.45) is 14.5. The third-order valence-corrected chi connectivity index (χ3v) is 8.66. The molecule has 3 aromatic rings. The van der Waals surface area contributed by atoms with Gasteiger partial charge in [-0.15, -0.1) is 17.9 Å². The SMILES string of the molecule is C=CCC(/C=C/CC(C)(Cc1ccc(C)s1)c1c(NCCC(C)C)ccc2ccccc12)C(=C)CCCC. The van der Waals surface area contributed by atoms with Crippen molar-refractivity contribution < 1.29 is 0 Å². The molecule has 2 atom stereocenters. The van der Waals surface area contributed by atoms with Crippen LogP contribution in [0.15, 0.2) is 85.5 Å². The zero-order chi connectivity index (χ0) is 27.5. The van der Waals surface area contributed by atoms with E-state index in [4.69, 9.17) is 0 Å². The number of anilines is 1. The first kappa shape index (κ1) is 30.0. The summed E-state index contributed by atoms with van der Waals surface area (Å²) in [4.78, 5) is 2.83. The van der Waals surface area contributed by atoms with Crippen LogP contribution < -0.4 is 5.32 Å². The van der Waals surface area contributed by atoms with Crippen LogP contribution in [0.3, 0.4) is 0 Å². The molecule has 2 aromatic carbocycles. The molecule has 204 valence electrons. The van der Waals surface area contributed by atoms with Gasteiger partial charge in [-0.1, -0.05) is 94.8 Å². The third-order valence-electron chi connectivity index (χ3n) is 7.66. The van der Waals surface area contributed by atoms with E-state index in [1.807, 2.05) is 17.4 Å². The van der Waals surface area contributed by atoms with E-state index in [0.29, 0.717) is 11.8 Å². The topological polar surface area (TPSA) is 12.0 Å². The average molecular weight is 528 g/mol. The van der Waals surface area contributed by atoms with Gasteiger partial charge in [-0.05, 0) is 85.9 Å². The molecule has 0 aliphatic rings. The van der Waals surface area contributed by atoms with Gasteiger partial charge in [0.25, 0.3) is 0 Å². The number of rotatable bonds is 16. The number of unbranched alkanes of at least 4 members (excludes halogenated alkanes) is 1. The number of nitrogens with one attached hydrogen (secondary N) is 1. The van der Waals surface area contributed by atoms with Crippen molar-refractivity contribution in [2.45, 2.75) is 85.0 Å². The maximum atomic E-state index is 4.45. The summed E-state index contributed by atoms with van der Waals surface area (Å²) in [6.45, 7) is 21.0. The Morgan fingerprint density at radius 2 is 1.89 bits per heavy atom. The van der Waals surface area contributed by atoms with Crippen LogP contribution in [0, 0.1) is 18.8 Å². The van der Waals surface area contributed by atoms with E-state index >= 15 is 0 Å². The van der Waals surface area contributed by atoms with Crippen LogP contribution in [0.5, 0.6) is 0 Å². The molecule has 0 bridgehead atoms. The second kappa shape index (κ2) is 14.5. The lowest BCUT2D eigenvalue weighted by Crippen LogP contribution is -2.26. The van der Waals surface area contributed by atoms with Gasteiger partial charge >= 0.3 is 0 Å². The van der Waals surface area contributed by atoms with Crippen molar-refractivity contribution in [2.75, 3.05) is 11.9 Å². The van der Waals surface area contributed by atoms with Crippen molar-refractivity contribution in [1.82, 2.24) is 0 Å². The van der Waals surface area contributed by atoms with Gasteiger partial charge in [0.05, 0.1) is 0 Å². The van der Waals surface area contributed by atoms with Gasteiger partial charge in [0, 0.05) is 33.3 Å². The van der Waals surface area contributed by atoms with Crippen molar-refractivity contribution in [1.29, 1.82) is 0 Å². The predicted octanol–water partition coefficient (Wildman–Crippen LogP) is 11.1. The molecular formula is C36H49NS. The highest BCUT2D eigenvalue weighted by atomic mass is 32.1. The first-order valence-electron chi connectivity index (χ1n) is 14.5. The van der Waals surface area contributed by atoms with Crippen molar-refractivity contribution in [2.24, 2.45) is 11.8 Å². The first-order chi connectivity index (χ1) is 18.3. The Morgan fingerprint density at radius 1 is 1.11 bits per heavy atom. The number of hydrogen-bond acceptors (Lipinski definition) is 2. The Balaban J connectivity index is 2.05. The van der Waals surface area contributed by atoms with Gasteiger partial charge in [0.1, 0.15) is 0 Å². The number of allylic oxidation sites excluding steroid dienone is 4. The van der Waals surface area contributed by atoms with E-state index in [0.717, 1.165) is 38.6 Å². The number of thiophene rings is 1. The lowest BCUT2D eigenvalue weighted by molar-refractivity contribution is 0.482. The molecule has 1 heterocycles. The highest BCUT2D eigenvalue weighted by Gasteiger charge is 2.31. The molecule has 0 saturated carbocycles. The second-order valence-corrected chi connectivity index (χ2v) is 13.0. The average Bonchev–Trinajstić information content (AvgIpc) is 3.30. The van der Waals surface area contributed by atoms with Crippen LogP contribution in [0.1, 0.15) is 81.5 Å². The molecule has 1 aromatic heterocycles. The normalized spacial score (nSPS) is 14.2. The largest absolute Gasteiger partial charge is 0.385 e. The summed E-state index contributed by atoms with van der Waals surface area (Å²) in [5.74, 6) is 1.04. The van der Waals surface area contributed by atoms with E-state index < -0.39 is 0 Å². The fraction of sp³-hybridized carbons (Fsp3) is 0.444. The number of hydrogen-bond donors (Lipinski definition) is 1. The number of aryl methyl sites for hydroxylation is 1. The molecule has 0 saturated heterocycles. The Hall–Kier alpha value is -2.58. The highest BCUT2D eigenvalue weighted by Crippen LogP contribution is 2.42. The molecule has 2 unspecified atom stereocenters. The minimum atomic E-state index is -0.0572. The smallest absolute Gasteiger partial charge is 0.0385 e. The van der Waals surface area contributed by atoms with E-state index in [1.165, 1.54) is 50.2 Å². The molecule has 0 fully saturated rings. The quantitative estimate of drug-likeness (QED) is 0.183. The van der Waals surface area contributed by atoms with Crippen LogP contribution in [0.4, 0.5) is 5.69 Å². The molecule has 0 aliphatic carbocycles. The molecule has 1 N–H and O–H groups in total. The first-order valence-corrected chi connectivity index (χ1v) is 15.4. The van der Waals surface area contributed by atoms with E-state index in [2.05, 4.69) is 114 Å². The Morgan fingerprint density at radius 3 is 2.58 bits per heavy atom. The maximum absolute atomic E-state index is 4.45. The third kappa shape index (κ3) is 8.21. The van der Waals surface area contributed by atoms with Gasteiger partial charge in [-0.3, -0.25) is 0 Å². The van der Waals surface area contributed by atoms with Crippen molar-refractivity contribution in [3.05, 3.63) is 101 Å². The van der Waals surface area contributed by atoms with Crippen molar-refractivity contribution in [3.63, 3.8) is 0 Å². The molecule has 0 aliphatic heterocycles. The fourth-order valence-electron chi connectivity index (χ4n) is 5.43. The van der Waals surface area contributed by atoms with Crippen molar-refractivity contribution >= 4 is 27.8 Å². The summed E-state index contributed by atoms with van der Waals surface area (Å²) in [7, 11) is 0. The summed E-state index contributed by atoms with van der Waals surface area (Å²) >= 11 is 1.93. The van der Waals surface area contributed by atoms with E-state index in [1.54, 1.807) is 0 Å². The highest BCUT2D eigenvalue weighted by molar-refractivity contribution is 7.11. The van der Waals surface area contributed by atoms with Gasteiger partial charge in [0.15, 0.2) is 0 Å². The molecule has 0 spiro atoms. The molecule has 1 nitrogen and oxygen atoms in total. The van der Waals surface area contributed by atoms with Gasteiger partial charge in [0.2, 0.25) is 0 Å². The van der Waals surface area contributed by atoms with Crippen LogP contribution in [-0.2, 0) is 11.8 Å². The Bertz CT molecular complexity index is 1210. The number of fused-ring (bicyclic) bond motifs is 1. The summed E-state index contributed by atoms with van der Waals surface area (Å²) in [5.41, 5.74) is 4.00. The Kier molecular flexibility index (Phi) is 11.5. The van der Waals surface area contributed by atoms with Crippen molar-refractivity contribution in [3.8, 4) is 0 Å². The molecule has 3 rings (SSSR count). The molecule has 0 amide bonds. The second-order valence-electron chi connectivity index (χ2n) is 11.6. The van der Waals surface area contributed by atoms with E-state index in [9.17, 15) is 0 Å². The van der Waals surface area contributed by atoms with Crippen LogP contribution in [0.25, 0.3) is 10.8 Å². The summed E-state index contributed by atoms with van der Waals surface area (Å²) in [6, 6.07) is 18.1. The minimum Gasteiger partial charge on any atom is -0.385 e. The predicted molar refractivity (Wildman–Crippen MR) is 173 cm³/mol. The van der Waals surface area contributed by atoms with Crippen LogP contribution >= 0.6 is 11.3 Å². The summed E-state index contributed by atoms with van der Waals surface area (Å²) in [5, 5.41) is 6.52. The fourth-order valence-corrected chi connectivity index (χ4v) is 6.51. The maximum Gasteiger partial charge on any atom is 0.0385 e. The zero-order valence-electron chi connectivity index (χ0n) is 24.5. The Labute approximate surface area is 236 Å². The van der Waals surface area contributed by atoms with Gasteiger partial charge in [-0.2, -0.15) is 0 Å². The van der Waals surface area contributed by atoms with E-state index in [-0.39, 0.29) is 5.41 Å². The van der Waals surface area contributed by atoms with Crippen LogP contribution in [-0.4, -0.2) is 6.54 Å². The van der Waals surface area contributed by atoms with Gasteiger partial charge < -0.3 is 5.32 Å². The molecule has 0 radical (unpaired) electrons. The lowest BCUT2D eigenvalue weighted by atomic mass is 9.73.